The monoisotopic (exact) mass is 305 g/mol. The summed E-state index contributed by atoms with van der Waals surface area (Å²) < 4.78 is 14.1. The van der Waals surface area contributed by atoms with Gasteiger partial charge in [0.1, 0.15) is 5.69 Å². The Kier molecular flexibility index (Phi) is 5.11. The zero-order valence-electron chi connectivity index (χ0n) is 9.75. The first-order valence-electron chi connectivity index (χ1n) is 5.04. The molecule has 11 nitrogen and oxygen atoms in total. The Labute approximate surface area is 111 Å². The van der Waals surface area contributed by atoms with Gasteiger partial charge in [-0.25, -0.2) is 0 Å². The van der Waals surface area contributed by atoms with E-state index in [2.05, 4.69) is 9.84 Å². The fraction of sp³-hybridized carbons (Fsp3) is 0.250. The third-order valence-corrected chi connectivity index (χ3v) is 2.55. The molecule has 1 rings (SSSR count). The average Bonchev–Trinajstić information content (AvgIpc) is 2.33. The quantitative estimate of drug-likeness (QED) is 0.309. The lowest BCUT2D eigenvalue weighted by Gasteiger charge is -2.28. The number of anilines is 1. The molecule has 0 saturated carbocycles. The van der Waals surface area contributed by atoms with Crippen molar-refractivity contribution in [1.82, 2.24) is 0 Å². The van der Waals surface area contributed by atoms with Crippen LogP contribution in [0.1, 0.15) is 0 Å². The van der Waals surface area contributed by atoms with Crippen molar-refractivity contribution in [2.24, 2.45) is 0 Å². The molecule has 0 unspecified atom stereocenters. The van der Waals surface area contributed by atoms with E-state index in [4.69, 9.17) is 0 Å². The van der Waals surface area contributed by atoms with Gasteiger partial charge in [0.25, 0.3) is 11.4 Å². The predicted octanol–water partition coefficient (Wildman–Crippen LogP) is -0.240. The topological polar surface area (TPSA) is 171 Å². The number of phosphoric acid groups is 1. The Balaban J connectivity index is 2.77. The largest absolute Gasteiger partial charge is 0.790 e. The van der Waals surface area contributed by atoms with E-state index >= 15 is 0 Å². The zero-order valence-corrected chi connectivity index (χ0v) is 10.6. The number of nitrogens with zero attached hydrogens (tertiary/aromatic N) is 2. The van der Waals surface area contributed by atoms with Crippen LogP contribution in [0, 0.1) is 20.2 Å². The highest BCUT2D eigenvalue weighted by molar-refractivity contribution is 7.43. The molecule has 0 aliphatic rings. The Morgan fingerprint density at radius 2 is 1.85 bits per heavy atom. The molecular formula is C8H8N3O8P-2. The van der Waals surface area contributed by atoms with Crippen LogP contribution < -0.4 is 15.1 Å². The van der Waals surface area contributed by atoms with Crippen LogP contribution in [0.25, 0.3) is 0 Å². The first-order valence-corrected chi connectivity index (χ1v) is 6.50. The Hall–Kier alpha value is -2.07. The Morgan fingerprint density at radius 3 is 2.35 bits per heavy atom. The van der Waals surface area contributed by atoms with Crippen LogP contribution >= 0.6 is 7.82 Å². The van der Waals surface area contributed by atoms with Gasteiger partial charge in [-0.2, -0.15) is 0 Å². The maximum absolute atomic E-state index is 10.8. The van der Waals surface area contributed by atoms with E-state index in [1.807, 2.05) is 0 Å². The van der Waals surface area contributed by atoms with Crippen LogP contribution in [0.5, 0.6) is 0 Å². The minimum absolute atomic E-state index is 0.0594. The molecule has 110 valence electrons. The molecule has 0 aromatic heterocycles. The fourth-order valence-electron chi connectivity index (χ4n) is 1.28. The number of nitro groups is 2. The highest BCUT2D eigenvalue weighted by Crippen LogP contribution is 2.29. The second-order valence-corrected chi connectivity index (χ2v) is 4.58. The number of non-ortho nitro benzene ring substituents is 1. The molecule has 12 heteroatoms. The second-order valence-electron chi connectivity index (χ2n) is 3.42. The third kappa shape index (κ3) is 4.90. The van der Waals surface area contributed by atoms with Crippen molar-refractivity contribution >= 4 is 24.9 Å². The molecule has 0 spiro atoms. The summed E-state index contributed by atoms with van der Waals surface area (Å²) in [4.78, 5) is 40.0. The van der Waals surface area contributed by atoms with Gasteiger partial charge < -0.3 is 24.2 Å². The minimum Gasteiger partial charge on any atom is -0.790 e. The SMILES string of the molecule is O=[N+]([O-])c1ccc(NCCOP(=O)([O-])[O-])c([N+](=O)[O-])c1. The molecule has 0 radical (unpaired) electrons. The first kappa shape index (κ1) is 16.0. The van der Waals surface area contributed by atoms with E-state index in [0.29, 0.717) is 0 Å². The summed E-state index contributed by atoms with van der Waals surface area (Å²) >= 11 is 0. The molecule has 0 bridgehead atoms. The summed E-state index contributed by atoms with van der Waals surface area (Å²) in [6, 6.07) is 2.90. The number of hydrogen-bond acceptors (Lipinski definition) is 9. The molecular weight excluding hydrogens is 297 g/mol. The number of rotatable bonds is 7. The van der Waals surface area contributed by atoms with Crippen molar-refractivity contribution in [1.29, 1.82) is 0 Å². The summed E-state index contributed by atoms with van der Waals surface area (Å²) in [6.45, 7) is -0.717. The molecule has 0 saturated heterocycles. The molecule has 0 aliphatic carbocycles. The van der Waals surface area contributed by atoms with Crippen LogP contribution in [-0.2, 0) is 9.09 Å². The van der Waals surface area contributed by atoms with Crippen molar-refractivity contribution in [3.8, 4) is 0 Å². The van der Waals surface area contributed by atoms with Gasteiger partial charge in [0.2, 0.25) is 0 Å². The van der Waals surface area contributed by atoms with Crippen LogP contribution in [0.4, 0.5) is 17.1 Å². The molecule has 0 aliphatic heterocycles. The molecule has 0 amide bonds. The Bertz CT molecular complexity index is 571. The van der Waals surface area contributed by atoms with Gasteiger partial charge >= 0.3 is 0 Å². The van der Waals surface area contributed by atoms with Gasteiger partial charge in [0.15, 0.2) is 0 Å². The van der Waals surface area contributed by atoms with Crippen molar-refractivity contribution in [3.63, 3.8) is 0 Å². The lowest BCUT2D eigenvalue weighted by molar-refractivity contribution is -0.393. The molecule has 0 heterocycles. The summed E-state index contributed by atoms with van der Waals surface area (Å²) in [6.07, 6.45) is 0. The highest BCUT2D eigenvalue weighted by atomic mass is 31.2. The number of hydrogen-bond donors (Lipinski definition) is 1. The molecule has 20 heavy (non-hydrogen) atoms. The maximum Gasteiger partial charge on any atom is 0.299 e. The number of nitro benzene ring substituents is 2. The van der Waals surface area contributed by atoms with Crippen molar-refractivity contribution in [2.45, 2.75) is 0 Å². The third-order valence-electron chi connectivity index (χ3n) is 2.06. The summed E-state index contributed by atoms with van der Waals surface area (Å²) in [7, 11) is -5.10. The van der Waals surface area contributed by atoms with Gasteiger partial charge in [0.05, 0.1) is 30.3 Å². The molecule has 0 atom stereocenters. The van der Waals surface area contributed by atoms with Gasteiger partial charge in [-0.05, 0) is 6.07 Å². The van der Waals surface area contributed by atoms with Crippen molar-refractivity contribution < 1.29 is 28.7 Å². The van der Waals surface area contributed by atoms with Gasteiger partial charge in [-0.3, -0.25) is 20.2 Å². The molecule has 0 fully saturated rings. The summed E-state index contributed by atoms with van der Waals surface area (Å²) in [5, 5.41) is 23.7. The smallest absolute Gasteiger partial charge is 0.299 e. The number of nitrogens with one attached hydrogen (secondary N) is 1. The molecule has 1 aromatic carbocycles. The van der Waals surface area contributed by atoms with Gasteiger partial charge in [-0.1, -0.05) is 0 Å². The van der Waals surface area contributed by atoms with Crippen LogP contribution in [0.15, 0.2) is 18.2 Å². The average molecular weight is 305 g/mol. The zero-order chi connectivity index (χ0) is 15.3. The fourth-order valence-corrected chi connectivity index (χ4v) is 1.59. The van der Waals surface area contributed by atoms with E-state index in [0.717, 1.165) is 18.2 Å². The Morgan fingerprint density at radius 1 is 1.20 bits per heavy atom. The number of benzene rings is 1. The van der Waals surface area contributed by atoms with Crippen LogP contribution in [-0.4, -0.2) is 23.0 Å². The van der Waals surface area contributed by atoms with E-state index < -0.39 is 35.7 Å². The van der Waals surface area contributed by atoms with E-state index in [1.54, 1.807) is 0 Å². The standard InChI is InChI=1S/C8H10N3O8P/c12-10(13)6-1-2-7(8(5-6)11(14)15)9-3-4-19-20(16,17)18/h1-2,5,9H,3-4H2,(H2,16,17,18)/p-2. The van der Waals surface area contributed by atoms with E-state index in [1.165, 1.54) is 0 Å². The normalized spacial score (nSPS) is 11.1. The van der Waals surface area contributed by atoms with Crippen LogP contribution in [0.2, 0.25) is 0 Å². The van der Waals surface area contributed by atoms with E-state index in [-0.39, 0.29) is 12.2 Å². The lowest BCUT2D eigenvalue weighted by atomic mass is 10.2. The summed E-state index contributed by atoms with van der Waals surface area (Å²) in [5.74, 6) is 0. The van der Waals surface area contributed by atoms with E-state index in [9.17, 15) is 34.6 Å². The van der Waals surface area contributed by atoms with Crippen molar-refractivity contribution in [2.75, 3.05) is 18.5 Å². The highest BCUT2D eigenvalue weighted by Gasteiger charge is 2.18. The van der Waals surface area contributed by atoms with Gasteiger partial charge in [-0.15, -0.1) is 0 Å². The number of phosphoric ester groups is 1. The first-order chi connectivity index (χ1) is 9.20. The van der Waals surface area contributed by atoms with Gasteiger partial charge in [0, 0.05) is 12.6 Å². The van der Waals surface area contributed by atoms with Crippen LogP contribution in [0.3, 0.4) is 0 Å². The van der Waals surface area contributed by atoms with Crippen molar-refractivity contribution in [3.05, 3.63) is 38.4 Å². The summed E-state index contributed by atoms with van der Waals surface area (Å²) in [5.41, 5.74) is -1.07. The lowest BCUT2D eigenvalue weighted by Crippen LogP contribution is -2.19. The molecule has 1 aromatic rings. The minimum atomic E-state index is -5.10. The molecule has 1 N–H and O–H groups in total. The second kappa shape index (κ2) is 6.39. The predicted molar refractivity (Wildman–Crippen MR) is 61.8 cm³/mol. The maximum atomic E-state index is 10.8.